The first-order chi connectivity index (χ1) is 12.2. The van der Waals surface area contributed by atoms with Crippen LogP contribution in [0.1, 0.15) is 15.9 Å². The number of ether oxygens (including phenoxy) is 3. The average molecular weight is 358 g/mol. The molecule has 3 aromatic rings. The van der Waals surface area contributed by atoms with Crippen LogP contribution in [0.5, 0.6) is 17.2 Å². The predicted molar refractivity (Wildman–Crippen MR) is 96.9 cm³/mol. The fourth-order valence-corrected chi connectivity index (χ4v) is 3.23. The molecule has 3 rings (SSSR count). The largest absolute Gasteiger partial charge is 0.493 e. The van der Waals surface area contributed by atoms with E-state index >= 15 is 0 Å². The number of fused-ring (bicyclic) bond motifs is 1. The molecular weight excluding hydrogens is 340 g/mol. The van der Waals surface area contributed by atoms with Crippen molar-refractivity contribution in [1.82, 2.24) is 10.3 Å². The summed E-state index contributed by atoms with van der Waals surface area (Å²) >= 11 is 1.51. The topological polar surface area (TPSA) is 69.7 Å². The summed E-state index contributed by atoms with van der Waals surface area (Å²) in [5.41, 5.74) is 4.11. The molecule has 0 spiro atoms. The molecule has 1 N–H and O–H groups in total. The summed E-state index contributed by atoms with van der Waals surface area (Å²) in [7, 11) is 4.67. The lowest BCUT2D eigenvalue weighted by Gasteiger charge is -2.14. The van der Waals surface area contributed by atoms with Gasteiger partial charge in [0.15, 0.2) is 11.5 Å². The molecule has 0 atom stereocenters. The first kappa shape index (κ1) is 17.0. The third-order valence-electron chi connectivity index (χ3n) is 3.77. The summed E-state index contributed by atoms with van der Waals surface area (Å²) in [5, 5.41) is 2.91. The highest BCUT2D eigenvalue weighted by Crippen LogP contribution is 2.38. The van der Waals surface area contributed by atoms with E-state index in [0.29, 0.717) is 29.4 Å². The SMILES string of the molecule is COc1cc(CNC(=O)c2ccc3ncsc3c2)cc(OC)c1OC. The van der Waals surface area contributed by atoms with E-state index in [1.54, 1.807) is 32.9 Å². The van der Waals surface area contributed by atoms with Crippen molar-refractivity contribution in [2.24, 2.45) is 0 Å². The van der Waals surface area contributed by atoms with Crippen LogP contribution in [0, 0.1) is 0 Å². The summed E-state index contributed by atoms with van der Waals surface area (Å²) in [6.45, 7) is 0.344. The molecule has 1 amide bonds. The maximum absolute atomic E-state index is 12.4. The van der Waals surface area contributed by atoms with Crippen molar-refractivity contribution in [3.63, 3.8) is 0 Å². The van der Waals surface area contributed by atoms with Crippen molar-refractivity contribution >= 4 is 27.5 Å². The van der Waals surface area contributed by atoms with Gasteiger partial charge in [-0.2, -0.15) is 0 Å². The fraction of sp³-hybridized carbons (Fsp3) is 0.222. The van der Waals surface area contributed by atoms with Crippen LogP contribution in [0.2, 0.25) is 0 Å². The number of thiazole rings is 1. The van der Waals surface area contributed by atoms with Crippen LogP contribution >= 0.6 is 11.3 Å². The van der Waals surface area contributed by atoms with Crippen molar-refractivity contribution in [3.05, 3.63) is 47.0 Å². The average Bonchev–Trinajstić information content (AvgIpc) is 3.12. The van der Waals surface area contributed by atoms with Gasteiger partial charge in [0.1, 0.15) is 0 Å². The molecule has 6 nitrogen and oxygen atoms in total. The van der Waals surface area contributed by atoms with Crippen LogP contribution in [-0.2, 0) is 6.54 Å². The second-order valence-electron chi connectivity index (χ2n) is 5.25. The Morgan fingerprint density at radius 3 is 2.44 bits per heavy atom. The van der Waals surface area contributed by atoms with Crippen molar-refractivity contribution < 1.29 is 19.0 Å². The van der Waals surface area contributed by atoms with Crippen LogP contribution in [0.4, 0.5) is 0 Å². The molecule has 0 saturated carbocycles. The number of methoxy groups -OCH3 is 3. The number of amides is 1. The van der Waals surface area contributed by atoms with Crippen LogP contribution < -0.4 is 19.5 Å². The molecule has 2 aromatic carbocycles. The molecule has 1 heterocycles. The number of nitrogens with one attached hydrogen (secondary N) is 1. The van der Waals surface area contributed by atoms with Crippen LogP contribution in [0.25, 0.3) is 10.2 Å². The van der Waals surface area contributed by atoms with E-state index < -0.39 is 0 Å². The Labute approximate surface area is 149 Å². The predicted octanol–water partition coefficient (Wildman–Crippen LogP) is 3.25. The van der Waals surface area contributed by atoms with E-state index in [9.17, 15) is 4.79 Å². The van der Waals surface area contributed by atoms with Gasteiger partial charge >= 0.3 is 0 Å². The first-order valence-electron chi connectivity index (χ1n) is 7.56. The molecule has 0 radical (unpaired) electrons. The normalized spacial score (nSPS) is 10.5. The maximum atomic E-state index is 12.4. The molecule has 0 saturated heterocycles. The second kappa shape index (κ2) is 7.40. The van der Waals surface area contributed by atoms with Crippen molar-refractivity contribution in [2.45, 2.75) is 6.54 Å². The summed E-state index contributed by atoms with van der Waals surface area (Å²) in [4.78, 5) is 16.6. The zero-order valence-electron chi connectivity index (χ0n) is 14.2. The molecule has 1 aromatic heterocycles. The lowest BCUT2D eigenvalue weighted by Crippen LogP contribution is -2.22. The number of rotatable bonds is 6. The van der Waals surface area contributed by atoms with E-state index in [-0.39, 0.29) is 5.91 Å². The van der Waals surface area contributed by atoms with E-state index in [4.69, 9.17) is 14.2 Å². The molecular formula is C18H18N2O4S. The van der Waals surface area contributed by atoms with Crippen molar-refractivity contribution in [1.29, 1.82) is 0 Å². The summed E-state index contributed by atoms with van der Waals surface area (Å²) in [6, 6.07) is 9.09. The second-order valence-corrected chi connectivity index (χ2v) is 6.14. The number of benzene rings is 2. The molecule has 7 heteroatoms. The molecule has 130 valence electrons. The lowest BCUT2D eigenvalue weighted by atomic mass is 10.1. The van der Waals surface area contributed by atoms with Gasteiger partial charge in [0.25, 0.3) is 5.91 Å². The Bertz CT molecular complexity index is 882. The number of aromatic nitrogens is 1. The van der Waals surface area contributed by atoms with Gasteiger partial charge in [-0.15, -0.1) is 11.3 Å². The number of nitrogens with zero attached hydrogens (tertiary/aromatic N) is 1. The quantitative estimate of drug-likeness (QED) is 0.732. The minimum absolute atomic E-state index is 0.149. The molecule has 0 aliphatic rings. The Morgan fingerprint density at radius 2 is 1.80 bits per heavy atom. The van der Waals surface area contributed by atoms with Crippen LogP contribution in [0.15, 0.2) is 35.8 Å². The Hall–Kier alpha value is -2.80. The van der Waals surface area contributed by atoms with E-state index in [2.05, 4.69) is 10.3 Å². The van der Waals surface area contributed by atoms with Gasteiger partial charge in [0.05, 0.1) is 37.1 Å². The Morgan fingerprint density at radius 1 is 1.08 bits per heavy atom. The highest BCUT2D eigenvalue weighted by Gasteiger charge is 2.14. The lowest BCUT2D eigenvalue weighted by molar-refractivity contribution is 0.0951. The molecule has 0 fully saturated rings. The summed E-state index contributed by atoms with van der Waals surface area (Å²) < 4.78 is 16.9. The number of carbonyl (C=O) groups excluding carboxylic acids is 1. The zero-order chi connectivity index (χ0) is 17.8. The smallest absolute Gasteiger partial charge is 0.251 e. The number of hydrogen-bond acceptors (Lipinski definition) is 6. The maximum Gasteiger partial charge on any atom is 0.251 e. The van der Waals surface area contributed by atoms with Crippen molar-refractivity contribution in [3.8, 4) is 17.2 Å². The van der Waals surface area contributed by atoms with Gasteiger partial charge < -0.3 is 19.5 Å². The highest BCUT2D eigenvalue weighted by atomic mass is 32.1. The Kier molecular flexibility index (Phi) is 5.04. The highest BCUT2D eigenvalue weighted by molar-refractivity contribution is 7.16. The van der Waals surface area contributed by atoms with Crippen molar-refractivity contribution in [2.75, 3.05) is 21.3 Å². The minimum Gasteiger partial charge on any atom is -0.493 e. The standard InChI is InChI=1S/C18H18N2O4S/c1-22-14-6-11(7-15(23-2)17(14)24-3)9-19-18(21)12-4-5-13-16(8-12)25-10-20-13/h4-8,10H,9H2,1-3H3,(H,19,21). The van der Waals surface area contributed by atoms with Gasteiger partial charge in [-0.1, -0.05) is 0 Å². The molecule has 25 heavy (non-hydrogen) atoms. The number of carbonyl (C=O) groups is 1. The minimum atomic E-state index is -0.149. The van der Waals surface area contributed by atoms with Gasteiger partial charge in [-0.3, -0.25) is 4.79 Å². The monoisotopic (exact) mass is 358 g/mol. The molecule has 0 bridgehead atoms. The molecule has 0 aliphatic heterocycles. The van der Waals surface area contributed by atoms with Crippen LogP contribution in [0.3, 0.4) is 0 Å². The van der Waals surface area contributed by atoms with Gasteiger partial charge in [-0.05, 0) is 35.9 Å². The van der Waals surface area contributed by atoms with Gasteiger partial charge in [0.2, 0.25) is 5.75 Å². The third kappa shape index (κ3) is 3.51. The molecule has 0 unspecified atom stereocenters. The molecule has 0 aliphatic carbocycles. The van der Waals surface area contributed by atoms with E-state index in [0.717, 1.165) is 15.8 Å². The van der Waals surface area contributed by atoms with E-state index in [1.165, 1.54) is 11.3 Å². The fourth-order valence-electron chi connectivity index (χ4n) is 2.52. The first-order valence-corrected chi connectivity index (χ1v) is 8.44. The van der Waals surface area contributed by atoms with E-state index in [1.807, 2.05) is 24.3 Å². The summed E-state index contributed by atoms with van der Waals surface area (Å²) in [5.74, 6) is 1.48. The Balaban J connectivity index is 1.77. The zero-order valence-corrected chi connectivity index (χ0v) is 15.0. The third-order valence-corrected chi connectivity index (χ3v) is 4.56. The van der Waals surface area contributed by atoms with Gasteiger partial charge in [-0.25, -0.2) is 4.98 Å². The van der Waals surface area contributed by atoms with Gasteiger partial charge in [0, 0.05) is 12.1 Å². The summed E-state index contributed by atoms with van der Waals surface area (Å²) in [6.07, 6.45) is 0. The number of hydrogen-bond donors (Lipinski definition) is 1. The van der Waals surface area contributed by atoms with Crippen LogP contribution in [-0.4, -0.2) is 32.2 Å².